The first-order valence-electron chi connectivity index (χ1n) is 5.81. The molecule has 1 saturated heterocycles. The van der Waals surface area contributed by atoms with Gasteiger partial charge in [-0.25, -0.2) is 0 Å². The highest BCUT2D eigenvalue weighted by Crippen LogP contribution is 2.10. The van der Waals surface area contributed by atoms with Crippen LogP contribution >= 0.6 is 0 Å². The molecule has 1 amide bonds. The molecule has 4 heteroatoms. The van der Waals surface area contributed by atoms with Gasteiger partial charge in [-0.05, 0) is 23.3 Å². The summed E-state index contributed by atoms with van der Waals surface area (Å²) in [7, 11) is 0. The lowest BCUT2D eigenvalue weighted by Gasteiger charge is -2.26. The Hall–Kier alpha value is -1.39. The summed E-state index contributed by atoms with van der Waals surface area (Å²) in [4.78, 5) is 13.2. The van der Waals surface area contributed by atoms with E-state index in [1.165, 1.54) is 5.56 Å². The molecular weight excluding hydrogens is 216 g/mol. The monoisotopic (exact) mass is 233 g/mol. The fourth-order valence-corrected chi connectivity index (χ4v) is 1.99. The number of carbonyl (C=O) groups excluding carboxylic acids is 1. The minimum Gasteiger partial charge on any atom is -0.379 e. The molecular formula is C13H17N2O2. The van der Waals surface area contributed by atoms with Gasteiger partial charge in [0.25, 0.3) is 0 Å². The highest BCUT2D eigenvalue weighted by atomic mass is 16.5. The summed E-state index contributed by atoms with van der Waals surface area (Å²) in [6.07, 6.45) is 0.285. The van der Waals surface area contributed by atoms with Gasteiger partial charge in [0.1, 0.15) is 0 Å². The fraction of sp³-hybridized carbons (Fsp3) is 0.462. The Morgan fingerprint density at radius 2 is 2.06 bits per heavy atom. The quantitative estimate of drug-likeness (QED) is 0.816. The molecule has 1 heterocycles. The molecule has 0 atom stereocenters. The normalized spacial score (nSPS) is 16.9. The molecule has 0 aliphatic carbocycles. The van der Waals surface area contributed by atoms with Crippen LogP contribution in [0.5, 0.6) is 0 Å². The maximum atomic E-state index is 10.9. The van der Waals surface area contributed by atoms with E-state index in [-0.39, 0.29) is 12.3 Å². The van der Waals surface area contributed by atoms with Crippen LogP contribution in [0, 0.1) is 6.07 Å². The fourth-order valence-electron chi connectivity index (χ4n) is 1.99. The zero-order valence-corrected chi connectivity index (χ0v) is 9.82. The molecule has 1 fully saturated rings. The number of carbonyl (C=O) groups is 1. The molecule has 1 aromatic carbocycles. The molecule has 0 saturated carbocycles. The second kappa shape index (κ2) is 5.80. The Balaban J connectivity index is 1.97. The summed E-state index contributed by atoms with van der Waals surface area (Å²) in [5.74, 6) is -0.304. The maximum Gasteiger partial charge on any atom is 0.221 e. The third-order valence-electron chi connectivity index (χ3n) is 2.80. The molecule has 17 heavy (non-hydrogen) atoms. The number of amides is 1. The summed E-state index contributed by atoms with van der Waals surface area (Å²) in [5, 5.41) is 0. The van der Waals surface area contributed by atoms with E-state index in [1.54, 1.807) is 0 Å². The molecule has 1 radical (unpaired) electrons. The van der Waals surface area contributed by atoms with Gasteiger partial charge in [-0.3, -0.25) is 9.69 Å². The highest BCUT2D eigenvalue weighted by molar-refractivity contribution is 5.76. The first-order valence-corrected chi connectivity index (χ1v) is 5.81. The van der Waals surface area contributed by atoms with Crippen molar-refractivity contribution in [2.45, 2.75) is 13.0 Å². The molecule has 0 spiro atoms. The standard InChI is InChI=1S/C13H17N2O2/c14-13(16)9-11-2-1-3-12(8-11)10-15-4-6-17-7-5-15/h2-3,8H,4-7,9-10H2,(H2,14,16). The first kappa shape index (κ1) is 12.1. The van der Waals surface area contributed by atoms with Crippen molar-refractivity contribution in [2.24, 2.45) is 5.73 Å². The van der Waals surface area contributed by atoms with Gasteiger partial charge in [0, 0.05) is 19.6 Å². The summed E-state index contributed by atoms with van der Waals surface area (Å²) >= 11 is 0. The van der Waals surface area contributed by atoms with Crippen molar-refractivity contribution in [2.75, 3.05) is 26.3 Å². The third-order valence-corrected chi connectivity index (χ3v) is 2.80. The van der Waals surface area contributed by atoms with Crippen molar-refractivity contribution in [3.8, 4) is 0 Å². The average Bonchev–Trinajstić information content (AvgIpc) is 2.30. The molecule has 2 N–H and O–H groups in total. The molecule has 0 aromatic heterocycles. The lowest BCUT2D eigenvalue weighted by Crippen LogP contribution is -2.35. The molecule has 2 rings (SSSR count). The number of nitrogens with zero attached hydrogens (tertiary/aromatic N) is 1. The lowest BCUT2D eigenvalue weighted by atomic mass is 10.1. The van der Waals surface area contributed by atoms with Crippen LogP contribution in [-0.2, 0) is 22.5 Å². The Labute approximate surface area is 101 Å². The van der Waals surface area contributed by atoms with Crippen LogP contribution in [0.3, 0.4) is 0 Å². The Bertz CT molecular complexity index is 387. The van der Waals surface area contributed by atoms with Gasteiger partial charge in [-0.1, -0.05) is 12.1 Å². The van der Waals surface area contributed by atoms with E-state index >= 15 is 0 Å². The van der Waals surface area contributed by atoms with Crippen molar-refractivity contribution in [1.82, 2.24) is 4.90 Å². The van der Waals surface area contributed by atoms with E-state index in [9.17, 15) is 4.79 Å². The van der Waals surface area contributed by atoms with Crippen LogP contribution in [0.4, 0.5) is 0 Å². The van der Waals surface area contributed by atoms with Crippen LogP contribution < -0.4 is 5.73 Å². The van der Waals surface area contributed by atoms with E-state index in [1.807, 2.05) is 18.2 Å². The highest BCUT2D eigenvalue weighted by Gasteiger charge is 2.10. The molecule has 91 valence electrons. The number of benzene rings is 1. The summed E-state index contributed by atoms with van der Waals surface area (Å²) in [6.45, 7) is 4.39. The lowest BCUT2D eigenvalue weighted by molar-refractivity contribution is -0.117. The maximum absolute atomic E-state index is 10.9. The third kappa shape index (κ3) is 3.84. The van der Waals surface area contributed by atoms with E-state index in [4.69, 9.17) is 10.5 Å². The molecule has 1 aliphatic heterocycles. The number of primary amides is 1. The topological polar surface area (TPSA) is 55.6 Å². The van der Waals surface area contributed by atoms with Gasteiger partial charge < -0.3 is 10.5 Å². The van der Waals surface area contributed by atoms with Crippen molar-refractivity contribution in [3.05, 3.63) is 35.4 Å². The number of rotatable bonds is 4. The second-order valence-corrected chi connectivity index (χ2v) is 4.28. The van der Waals surface area contributed by atoms with E-state index < -0.39 is 0 Å². The van der Waals surface area contributed by atoms with Crippen LogP contribution in [0.25, 0.3) is 0 Å². The molecule has 0 unspecified atom stereocenters. The zero-order chi connectivity index (χ0) is 12.1. The second-order valence-electron chi connectivity index (χ2n) is 4.28. The average molecular weight is 233 g/mol. The predicted octanol–water partition coefficient (Wildman–Crippen LogP) is 0.347. The van der Waals surface area contributed by atoms with Gasteiger partial charge in [0.05, 0.1) is 19.6 Å². The van der Waals surface area contributed by atoms with E-state index in [0.29, 0.717) is 0 Å². The van der Waals surface area contributed by atoms with Crippen molar-refractivity contribution in [3.63, 3.8) is 0 Å². The summed E-state index contributed by atoms with van der Waals surface area (Å²) in [6, 6.07) is 8.85. The minimum atomic E-state index is -0.304. The molecule has 1 aromatic rings. The molecule has 1 aliphatic rings. The zero-order valence-electron chi connectivity index (χ0n) is 9.82. The van der Waals surface area contributed by atoms with Gasteiger partial charge in [0.2, 0.25) is 5.91 Å². The SMILES string of the molecule is NC(=O)Cc1c[c]cc(CN2CCOCC2)c1. The van der Waals surface area contributed by atoms with E-state index in [0.717, 1.165) is 38.4 Å². The number of hydrogen-bond acceptors (Lipinski definition) is 3. The van der Waals surface area contributed by atoms with Gasteiger partial charge in [0.15, 0.2) is 0 Å². The van der Waals surface area contributed by atoms with Crippen molar-refractivity contribution >= 4 is 5.91 Å². The van der Waals surface area contributed by atoms with Crippen LogP contribution in [0.2, 0.25) is 0 Å². The van der Waals surface area contributed by atoms with Crippen LogP contribution in [0.15, 0.2) is 18.2 Å². The largest absolute Gasteiger partial charge is 0.379 e. The van der Waals surface area contributed by atoms with Crippen LogP contribution in [0.1, 0.15) is 11.1 Å². The smallest absolute Gasteiger partial charge is 0.221 e. The first-order chi connectivity index (χ1) is 8.24. The van der Waals surface area contributed by atoms with Gasteiger partial charge in [-0.2, -0.15) is 0 Å². The molecule has 4 nitrogen and oxygen atoms in total. The number of morpholine rings is 1. The van der Waals surface area contributed by atoms with Gasteiger partial charge in [-0.15, -0.1) is 0 Å². The van der Waals surface area contributed by atoms with Gasteiger partial charge >= 0.3 is 0 Å². The number of hydrogen-bond donors (Lipinski definition) is 1. The Morgan fingerprint density at radius 3 is 2.76 bits per heavy atom. The summed E-state index contributed by atoms with van der Waals surface area (Å²) in [5.41, 5.74) is 7.28. The van der Waals surface area contributed by atoms with Crippen molar-refractivity contribution in [1.29, 1.82) is 0 Å². The van der Waals surface area contributed by atoms with Crippen LogP contribution in [-0.4, -0.2) is 37.1 Å². The van der Waals surface area contributed by atoms with E-state index in [2.05, 4.69) is 11.0 Å². The Kier molecular flexibility index (Phi) is 4.12. The minimum absolute atomic E-state index is 0.285. The predicted molar refractivity (Wildman–Crippen MR) is 64.3 cm³/mol. The summed E-state index contributed by atoms with van der Waals surface area (Å²) < 4.78 is 5.30. The number of nitrogens with two attached hydrogens (primary N) is 1. The number of ether oxygens (including phenoxy) is 1. The van der Waals surface area contributed by atoms with Crippen molar-refractivity contribution < 1.29 is 9.53 Å². The Morgan fingerprint density at radius 1 is 1.35 bits per heavy atom. The molecule has 0 bridgehead atoms.